The van der Waals surface area contributed by atoms with Gasteiger partial charge in [-0.3, -0.25) is 0 Å². The average molecular weight is 168 g/mol. The molecule has 0 N–H and O–H groups in total. The van der Waals surface area contributed by atoms with Gasteiger partial charge in [-0.1, -0.05) is 55.7 Å². The van der Waals surface area contributed by atoms with Crippen LogP contribution in [0.4, 0.5) is 0 Å². The van der Waals surface area contributed by atoms with Crippen molar-refractivity contribution in [3.8, 4) is 0 Å². The smallest absolute Gasteiger partial charge is 0.0345 e. The van der Waals surface area contributed by atoms with Gasteiger partial charge in [0.25, 0.3) is 0 Å². The summed E-state index contributed by atoms with van der Waals surface area (Å²) in [5.41, 5.74) is 4.10. The van der Waals surface area contributed by atoms with Crippen LogP contribution in [0.5, 0.6) is 0 Å². The van der Waals surface area contributed by atoms with E-state index in [1.54, 1.807) is 0 Å². The summed E-state index contributed by atoms with van der Waals surface area (Å²) in [4.78, 5) is 0. The first kappa shape index (κ1) is 8.06. The van der Waals surface area contributed by atoms with E-state index in [-0.39, 0.29) is 0 Å². The molecule has 0 fully saturated rings. The van der Waals surface area contributed by atoms with Crippen molar-refractivity contribution in [2.45, 2.75) is 5.92 Å². The first-order chi connectivity index (χ1) is 6.38. The zero-order chi connectivity index (χ0) is 9.26. The van der Waals surface area contributed by atoms with E-state index < -0.39 is 0 Å². The topological polar surface area (TPSA) is 0 Å². The standard InChI is InChI=1S/C13H12/c1-3-7-10(4-2)13-11-8-5-6-9-12(11)13/h3-9,13H,1-2H2/b10-7+. The van der Waals surface area contributed by atoms with E-state index in [9.17, 15) is 0 Å². The van der Waals surface area contributed by atoms with Gasteiger partial charge in [0.05, 0.1) is 0 Å². The second kappa shape index (κ2) is 3.06. The molecule has 1 aromatic carbocycles. The molecule has 0 atom stereocenters. The van der Waals surface area contributed by atoms with Gasteiger partial charge in [0.15, 0.2) is 0 Å². The van der Waals surface area contributed by atoms with Crippen molar-refractivity contribution >= 4 is 0 Å². The van der Waals surface area contributed by atoms with Crippen LogP contribution in [-0.4, -0.2) is 0 Å². The van der Waals surface area contributed by atoms with Crippen LogP contribution < -0.4 is 0 Å². The minimum Gasteiger partial charge on any atom is -0.0991 e. The molecule has 1 aliphatic carbocycles. The lowest BCUT2D eigenvalue weighted by molar-refractivity contribution is 1.21. The van der Waals surface area contributed by atoms with Crippen molar-refractivity contribution in [1.82, 2.24) is 0 Å². The minimum absolute atomic E-state index is 0.491. The van der Waals surface area contributed by atoms with Crippen LogP contribution in [0.2, 0.25) is 0 Å². The van der Waals surface area contributed by atoms with E-state index in [2.05, 4.69) is 37.4 Å². The monoisotopic (exact) mass is 168 g/mol. The highest BCUT2D eigenvalue weighted by atomic mass is 14.4. The highest BCUT2D eigenvalue weighted by Gasteiger charge is 2.32. The van der Waals surface area contributed by atoms with Crippen molar-refractivity contribution in [1.29, 1.82) is 0 Å². The number of hydrogen-bond acceptors (Lipinski definition) is 0. The number of fused-ring (bicyclic) bond motifs is 1. The third-order valence-electron chi connectivity index (χ3n) is 2.41. The Labute approximate surface area is 78.9 Å². The molecular formula is C13H12. The quantitative estimate of drug-likeness (QED) is 0.606. The van der Waals surface area contributed by atoms with E-state index in [1.807, 2.05) is 18.2 Å². The van der Waals surface area contributed by atoms with Crippen molar-refractivity contribution in [2.75, 3.05) is 0 Å². The van der Waals surface area contributed by atoms with Crippen molar-refractivity contribution in [3.63, 3.8) is 0 Å². The van der Waals surface area contributed by atoms with Gasteiger partial charge >= 0.3 is 0 Å². The Balaban J connectivity index is 2.29. The predicted molar refractivity (Wildman–Crippen MR) is 56.8 cm³/mol. The third-order valence-corrected chi connectivity index (χ3v) is 2.41. The van der Waals surface area contributed by atoms with Crippen molar-refractivity contribution in [3.05, 3.63) is 72.4 Å². The van der Waals surface area contributed by atoms with Crippen LogP contribution in [0.15, 0.2) is 61.2 Å². The zero-order valence-corrected chi connectivity index (χ0v) is 7.53. The fraction of sp³-hybridized carbons (Fsp3) is 0.0769. The molecule has 64 valence electrons. The molecule has 0 unspecified atom stereocenters. The molecule has 0 amide bonds. The molecule has 0 bridgehead atoms. The minimum atomic E-state index is 0.491. The van der Waals surface area contributed by atoms with E-state index >= 15 is 0 Å². The highest BCUT2D eigenvalue weighted by molar-refractivity contribution is 5.61. The molecule has 0 nitrogen and oxygen atoms in total. The summed E-state index contributed by atoms with van der Waals surface area (Å²) in [6.45, 7) is 7.51. The summed E-state index contributed by atoms with van der Waals surface area (Å²) in [7, 11) is 0. The molecule has 0 aliphatic heterocycles. The van der Waals surface area contributed by atoms with Gasteiger partial charge in [0, 0.05) is 5.92 Å². The summed E-state index contributed by atoms with van der Waals surface area (Å²) in [6, 6.07) is 8.49. The Hall–Kier alpha value is -1.56. The Morgan fingerprint density at radius 2 is 1.77 bits per heavy atom. The Kier molecular flexibility index (Phi) is 1.90. The van der Waals surface area contributed by atoms with Gasteiger partial charge in [-0.2, -0.15) is 0 Å². The summed E-state index contributed by atoms with van der Waals surface area (Å²) in [5.74, 6) is 0.491. The molecule has 0 saturated heterocycles. The summed E-state index contributed by atoms with van der Waals surface area (Å²) in [6.07, 6.45) is 5.75. The van der Waals surface area contributed by atoms with Crippen LogP contribution in [0.1, 0.15) is 17.0 Å². The molecule has 0 heterocycles. The highest BCUT2D eigenvalue weighted by Crippen LogP contribution is 2.48. The lowest BCUT2D eigenvalue weighted by atomic mass is 10.1. The second-order valence-electron chi connectivity index (χ2n) is 3.17. The van der Waals surface area contributed by atoms with E-state index in [4.69, 9.17) is 0 Å². The fourth-order valence-electron chi connectivity index (χ4n) is 1.74. The maximum atomic E-state index is 3.81. The Bertz CT molecular complexity index is 360. The third kappa shape index (κ3) is 1.25. The first-order valence-corrected chi connectivity index (χ1v) is 4.42. The molecule has 0 heteroatoms. The SMILES string of the molecule is C=C/C=C(\C=C)C1c2ccccc21. The van der Waals surface area contributed by atoms with Crippen molar-refractivity contribution in [2.24, 2.45) is 0 Å². The zero-order valence-electron chi connectivity index (χ0n) is 7.53. The first-order valence-electron chi connectivity index (χ1n) is 4.42. The number of allylic oxidation sites excluding steroid dienone is 4. The van der Waals surface area contributed by atoms with Gasteiger partial charge in [-0.25, -0.2) is 0 Å². The summed E-state index contributed by atoms with van der Waals surface area (Å²) >= 11 is 0. The maximum Gasteiger partial charge on any atom is 0.0345 e. The van der Waals surface area contributed by atoms with E-state index in [1.165, 1.54) is 16.7 Å². The predicted octanol–water partition coefficient (Wildman–Crippen LogP) is 3.43. The molecular weight excluding hydrogens is 156 g/mol. The summed E-state index contributed by atoms with van der Waals surface area (Å²) < 4.78 is 0. The average Bonchev–Trinajstić information content (AvgIpc) is 2.88. The van der Waals surface area contributed by atoms with E-state index in [0.29, 0.717) is 5.92 Å². The van der Waals surface area contributed by atoms with Crippen LogP contribution in [0.25, 0.3) is 0 Å². The van der Waals surface area contributed by atoms with E-state index in [0.717, 1.165) is 0 Å². The maximum absolute atomic E-state index is 3.81. The summed E-state index contributed by atoms with van der Waals surface area (Å²) in [5, 5.41) is 0. The van der Waals surface area contributed by atoms with Gasteiger partial charge in [0.1, 0.15) is 0 Å². The lowest BCUT2D eigenvalue weighted by Gasteiger charge is -1.94. The molecule has 0 aromatic heterocycles. The molecule has 1 aromatic rings. The van der Waals surface area contributed by atoms with Gasteiger partial charge in [0.2, 0.25) is 0 Å². The van der Waals surface area contributed by atoms with Crippen molar-refractivity contribution < 1.29 is 0 Å². The molecule has 0 spiro atoms. The Morgan fingerprint density at radius 1 is 1.15 bits per heavy atom. The molecule has 13 heavy (non-hydrogen) atoms. The molecule has 1 aliphatic rings. The largest absolute Gasteiger partial charge is 0.0991 e. The molecule has 0 saturated carbocycles. The fourth-order valence-corrected chi connectivity index (χ4v) is 1.74. The van der Waals surface area contributed by atoms with Gasteiger partial charge in [-0.05, 0) is 16.7 Å². The second-order valence-corrected chi connectivity index (χ2v) is 3.17. The van der Waals surface area contributed by atoms with Crippen LogP contribution in [0.3, 0.4) is 0 Å². The number of rotatable bonds is 3. The molecule has 2 rings (SSSR count). The number of hydrogen-bond donors (Lipinski definition) is 0. The number of benzene rings is 1. The Morgan fingerprint density at radius 3 is 2.23 bits per heavy atom. The normalized spacial score (nSPS) is 14.9. The van der Waals surface area contributed by atoms with Crippen LogP contribution in [0, 0.1) is 0 Å². The van der Waals surface area contributed by atoms with Crippen LogP contribution >= 0.6 is 0 Å². The lowest BCUT2D eigenvalue weighted by Crippen LogP contribution is -1.78. The van der Waals surface area contributed by atoms with Gasteiger partial charge < -0.3 is 0 Å². The van der Waals surface area contributed by atoms with Gasteiger partial charge in [-0.15, -0.1) is 0 Å². The molecule has 0 radical (unpaired) electrons. The van der Waals surface area contributed by atoms with Crippen LogP contribution in [-0.2, 0) is 0 Å².